The molecule has 2 aliphatic heterocycles. The van der Waals surface area contributed by atoms with E-state index < -0.39 is 42.4 Å². The maximum Gasteiger partial charge on any atom is 0.335 e. The predicted octanol–water partition coefficient (Wildman–Crippen LogP) is -0.0751. The number of nitrogens with two attached hydrogens (primary N) is 1. The number of anilines is 1. The molecule has 0 amide bonds. The molecule has 26 heavy (non-hydrogen) atoms. The maximum absolute atomic E-state index is 11.2. The van der Waals surface area contributed by atoms with Gasteiger partial charge in [-0.05, 0) is 25.4 Å². The Labute approximate surface area is 151 Å². The van der Waals surface area contributed by atoms with Gasteiger partial charge in [-0.1, -0.05) is 0 Å². The minimum Gasteiger partial charge on any atom is -0.479 e. The van der Waals surface area contributed by atoms with E-state index in [2.05, 4.69) is 15.0 Å². The first kappa shape index (κ1) is 17.4. The lowest BCUT2D eigenvalue weighted by Crippen LogP contribution is -2.42. The normalized spacial score (nSPS) is 31.2. The molecule has 0 spiro atoms. The lowest BCUT2D eigenvalue weighted by Gasteiger charge is -2.25. The number of rotatable bonds is 3. The van der Waals surface area contributed by atoms with Crippen molar-refractivity contribution in [2.75, 3.05) is 5.73 Å². The molecule has 12 heteroatoms. The van der Waals surface area contributed by atoms with Crippen LogP contribution in [0, 0.1) is 0 Å². The minimum absolute atomic E-state index is 0.0719. The number of aromatic nitrogens is 4. The number of carboxylic acids is 1. The first-order chi connectivity index (χ1) is 12.2. The van der Waals surface area contributed by atoms with Crippen molar-refractivity contribution in [3.05, 3.63) is 11.6 Å². The molecule has 2 fully saturated rings. The number of nitrogen functional groups attached to an aromatic ring is 1. The molecule has 140 valence electrons. The average Bonchev–Trinajstić information content (AvgIpc) is 3.17. The molecule has 0 unspecified atom stereocenters. The van der Waals surface area contributed by atoms with Gasteiger partial charge in [0.2, 0.25) is 5.28 Å². The number of carbonyl (C=O) groups is 1. The number of aliphatic hydroxyl groups is 1. The van der Waals surface area contributed by atoms with Crippen LogP contribution in [0.15, 0.2) is 6.33 Å². The molecule has 5 atom stereocenters. The fourth-order valence-electron chi connectivity index (χ4n) is 3.32. The van der Waals surface area contributed by atoms with Crippen LogP contribution in [0.3, 0.4) is 0 Å². The zero-order chi connectivity index (χ0) is 18.8. The molecule has 0 bridgehead atoms. The van der Waals surface area contributed by atoms with E-state index in [-0.39, 0.29) is 11.1 Å². The Balaban J connectivity index is 1.78. The summed E-state index contributed by atoms with van der Waals surface area (Å²) in [5, 5.41) is 19.1. The summed E-state index contributed by atoms with van der Waals surface area (Å²) in [5.41, 5.74) is 6.42. The van der Waals surface area contributed by atoms with Crippen LogP contribution in [-0.4, -0.2) is 65.9 Å². The van der Waals surface area contributed by atoms with Gasteiger partial charge in [0, 0.05) is 0 Å². The summed E-state index contributed by atoms with van der Waals surface area (Å²) in [5.74, 6) is -2.30. The average molecular weight is 386 g/mol. The summed E-state index contributed by atoms with van der Waals surface area (Å²) < 4.78 is 18.9. The van der Waals surface area contributed by atoms with Crippen molar-refractivity contribution in [3.63, 3.8) is 0 Å². The smallest absolute Gasteiger partial charge is 0.335 e. The molecule has 0 radical (unpaired) electrons. The van der Waals surface area contributed by atoms with Crippen LogP contribution < -0.4 is 5.73 Å². The number of aliphatic carboxylic acids is 1. The Morgan fingerprint density at radius 1 is 1.38 bits per heavy atom. The fraction of sp³-hybridized carbons (Fsp3) is 0.571. The van der Waals surface area contributed by atoms with Crippen molar-refractivity contribution in [3.8, 4) is 0 Å². The number of aliphatic hydroxyl groups excluding tert-OH is 1. The number of nitrogens with zero attached hydrogens (tertiary/aromatic N) is 4. The van der Waals surface area contributed by atoms with Gasteiger partial charge in [0.05, 0.1) is 6.33 Å². The number of hydrogen-bond donors (Lipinski definition) is 3. The Kier molecular flexibility index (Phi) is 3.82. The second-order valence-corrected chi connectivity index (χ2v) is 6.88. The summed E-state index contributed by atoms with van der Waals surface area (Å²) in [6, 6.07) is 0. The van der Waals surface area contributed by atoms with Gasteiger partial charge in [0.25, 0.3) is 0 Å². The first-order valence-corrected chi connectivity index (χ1v) is 8.13. The SMILES string of the molecule is CC1(C)O[C@H]2[C@@H](O1)[C@H](n1cnc3c(N)nc(Cl)nc31)O[C@@H]2[C@H](O)C(=O)O. The second kappa shape index (κ2) is 5.72. The molecule has 11 nitrogen and oxygen atoms in total. The molecule has 2 aliphatic rings. The van der Waals surface area contributed by atoms with Gasteiger partial charge in [-0.15, -0.1) is 0 Å². The van der Waals surface area contributed by atoms with Crippen molar-refractivity contribution in [1.82, 2.24) is 19.5 Å². The highest BCUT2D eigenvalue weighted by Gasteiger charge is 2.59. The quantitative estimate of drug-likeness (QED) is 0.611. The molecule has 0 aromatic carbocycles. The second-order valence-electron chi connectivity index (χ2n) is 6.54. The van der Waals surface area contributed by atoms with Gasteiger partial charge in [-0.2, -0.15) is 9.97 Å². The van der Waals surface area contributed by atoms with Crippen molar-refractivity contribution < 1.29 is 29.2 Å². The summed E-state index contributed by atoms with van der Waals surface area (Å²) in [6.45, 7) is 3.38. The molecule has 0 saturated carbocycles. The molecular weight excluding hydrogens is 370 g/mol. The van der Waals surface area contributed by atoms with Crippen LogP contribution in [0.5, 0.6) is 0 Å². The van der Waals surface area contributed by atoms with Crippen molar-refractivity contribution >= 4 is 34.6 Å². The van der Waals surface area contributed by atoms with E-state index in [9.17, 15) is 9.90 Å². The highest BCUT2D eigenvalue weighted by molar-refractivity contribution is 6.28. The minimum atomic E-state index is -1.79. The van der Waals surface area contributed by atoms with E-state index >= 15 is 0 Å². The van der Waals surface area contributed by atoms with Gasteiger partial charge in [-0.3, -0.25) is 4.57 Å². The van der Waals surface area contributed by atoms with Gasteiger partial charge in [0.1, 0.15) is 23.8 Å². The topological polar surface area (TPSA) is 155 Å². The molecular formula is C14H16ClN5O6. The van der Waals surface area contributed by atoms with Crippen LogP contribution in [0.2, 0.25) is 5.28 Å². The lowest BCUT2D eigenvalue weighted by atomic mass is 10.1. The van der Waals surface area contributed by atoms with E-state index in [0.717, 1.165) is 0 Å². The van der Waals surface area contributed by atoms with Crippen LogP contribution in [0.25, 0.3) is 11.2 Å². The van der Waals surface area contributed by atoms with Crippen molar-refractivity contribution in [2.45, 2.75) is 50.3 Å². The zero-order valence-corrected chi connectivity index (χ0v) is 14.5. The predicted molar refractivity (Wildman–Crippen MR) is 86.1 cm³/mol. The molecule has 0 aliphatic carbocycles. The van der Waals surface area contributed by atoms with Gasteiger partial charge >= 0.3 is 5.97 Å². The third kappa shape index (κ3) is 2.59. The molecule has 2 saturated heterocycles. The molecule has 4 N–H and O–H groups in total. The largest absolute Gasteiger partial charge is 0.479 e. The van der Waals surface area contributed by atoms with E-state index in [1.807, 2.05) is 0 Å². The molecule has 2 aromatic heterocycles. The Hall–Kier alpha value is -2.05. The van der Waals surface area contributed by atoms with Gasteiger partial charge < -0.3 is 30.2 Å². The van der Waals surface area contributed by atoms with Crippen LogP contribution in [-0.2, 0) is 19.0 Å². The number of hydrogen-bond acceptors (Lipinski definition) is 9. The van der Waals surface area contributed by atoms with Gasteiger partial charge in [-0.25, -0.2) is 9.78 Å². The maximum atomic E-state index is 11.2. The first-order valence-electron chi connectivity index (χ1n) is 7.75. The van der Waals surface area contributed by atoms with E-state index in [0.29, 0.717) is 11.2 Å². The molecule has 4 rings (SSSR count). The van der Waals surface area contributed by atoms with Crippen molar-refractivity contribution in [2.24, 2.45) is 0 Å². The van der Waals surface area contributed by atoms with Crippen LogP contribution in [0.1, 0.15) is 20.1 Å². The highest BCUT2D eigenvalue weighted by atomic mass is 35.5. The Morgan fingerprint density at radius 3 is 2.77 bits per heavy atom. The van der Waals surface area contributed by atoms with Crippen molar-refractivity contribution in [1.29, 1.82) is 0 Å². The highest BCUT2D eigenvalue weighted by Crippen LogP contribution is 2.44. The summed E-state index contributed by atoms with van der Waals surface area (Å²) in [6.07, 6.45) is -3.86. The zero-order valence-electron chi connectivity index (χ0n) is 13.7. The monoisotopic (exact) mass is 385 g/mol. The van der Waals surface area contributed by atoms with Crippen LogP contribution >= 0.6 is 11.6 Å². The Morgan fingerprint density at radius 2 is 2.08 bits per heavy atom. The number of fused-ring (bicyclic) bond motifs is 2. The third-order valence-electron chi connectivity index (χ3n) is 4.32. The number of carboxylic acid groups (broad SMARTS) is 1. The number of halogens is 1. The summed E-state index contributed by atoms with van der Waals surface area (Å²) in [7, 11) is 0. The fourth-order valence-corrected chi connectivity index (χ4v) is 3.49. The standard InChI is InChI=1S/C14H16ClN5O6/c1-14(2)25-7-6(5(21)12(22)23)24-11(8(7)26-14)20-3-17-4-9(16)18-13(15)19-10(4)20/h3,5-8,11,21H,1-2H3,(H,22,23)(H2,16,18,19)/t5-,6+,7+,8+,11+/m0/s1. The number of imidazole rings is 1. The summed E-state index contributed by atoms with van der Waals surface area (Å²) >= 11 is 5.88. The molecule has 4 heterocycles. The van der Waals surface area contributed by atoms with Gasteiger partial charge in [0.15, 0.2) is 29.6 Å². The third-order valence-corrected chi connectivity index (χ3v) is 4.49. The summed E-state index contributed by atoms with van der Waals surface area (Å²) in [4.78, 5) is 23.3. The molecule has 2 aromatic rings. The number of ether oxygens (including phenoxy) is 3. The van der Waals surface area contributed by atoms with Crippen LogP contribution in [0.4, 0.5) is 5.82 Å². The Bertz CT molecular complexity index is 888. The van der Waals surface area contributed by atoms with E-state index in [4.69, 9.17) is 36.7 Å². The lowest BCUT2D eigenvalue weighted by molar-refractivity contribution is -0.210. The van der Waals surface area contributed by atoms with E-state index in [1.54, 1.807) is 13.8 Å². The van der Waals surface area contributed by atoms with E-state index in [1.165, 1.54) is 10.9 Å².